The van der Waals surface area contributed by atoms with E-state index in [0.29, 0.717) is 11.3 Å². The fraction of sp³-hybridized carbons (Fsp3) is 0.115. The highest BCUT2D eigenvalue weighted by Gasteiger charge is 2.18. The van der Waals surface area contributed by atoms with Crippen LogP contribution in [0.5, 0.6) is 0 Å². The average Bonchev–Trinajstić information content (AvgIpc) is 3.13. The van der Waals surface area contributed by atoms with Crippen LogP contribution < -0.4 is 0 Å². The Labute approximate surface area is 179 Å². The van der Waals surface area contributed by atoms with Crippen molar-refractivity contribution in [3.63, 3.8) is 0 Å². The van der Waals surface area contributed by atoms with Crippen molar-refractivity contribution in [3.8, 4) is 11.3 Å². The van der Waals surface area contributed by atoms with E-state index in [0.717, 1.165) is 44.2 Å². The highest BCUT2D eigenvalue weighted by molar-refractivity contribution is 6.06. The molecule has 0 saturated carbocycles. The van der Waals surface area contributed by atoms with Crippen LogP contribution in [-0.2, 0) is 11.3 Å². The van der Waals surface area contributed by atoms with E-state index in [1.54, 1.807) is 0 Å². The van der Waals surface area contributed by atoms with Crippen molar-refractivity contribution >= 4 is 27.6 Å². The van der Waals surface area contributed by atoms with Gasteiger partial charge in [0, 0.05) is 10.9 Å². The molecule has 0 unspecified atom stereocenters. The number of esters is 1. The minimum Gasteiger partial charge on any atom is -0.457 e. The monoisotopic (exact) mass is 408 g/mol. The third-order valence-electron chi connectivity index (χ3n) is 5.53. The van der Waals surface area contributed by atoms with Crippen LogP contribution in [0.3, 0.4) is 0 Å². The largest absolute Gasteiger partial charge is 0.457 e. The lowest BCUT2D eigenvalue weighted by Gasteiger charge is -2.11. The predicted octanol–water partition coefficient (Wildman–Crippen LogP) is 6.02. The molecule has 0 N–H and O–H groups in total. The number of fused-ring (bicyclic) bond motifs is 2. The summed E-state index contributed by atoms with van der Waals surface area (Å²) in [6.45, 7) is 3.75. The zero-order valence-corrected chi connectivity index (χ0v) is 17.3. The first kappa shape index (κ1) is 19.0. The minimum atomic E-state index is -0.403. The van der Waals surface area contributed by atoms with Crippen LogP contribution in [0.1, 0.15) is 27.4 Å². The summed E-state index contributed by atoms with van der Waals surface area (Å²) in [5.41, 5.74) is 4.46. The van der Waals surface area contributed by atoms with Gasteiger partial charge in [0.15, 0.2) is 0 Å². The summed E-state index contributed by atoms with van der Waals surface area (Å²) in [6.07, 6.45) is 0. The number of carbonyl (C=O) groups excluding carboxylic acids is 1. The first-order chi connectivity index (χ1) is 15.1. The molecular formula is C26H20N2O3. The molecule has 152 valence electrons. The molecule has 5 nitrogen and oxygen atoms in total. The standard InChI is InChI=1S/C26H20N2O3/c1-16-23(17(2)31-28-16)15-30-26(29)22-14-25(27-24-13-6-5-11-21(22)24)20-12-7-9-18-8-3-4-10-19(18)20/h3-14H,15H2,1-2H3. The molecule has 0 bridgehead atoms. The van der Waals surface area contributed by atoms with Crippen LogP contribution in [0.4, 0.5) is 0 Å². The number of para-hydroxylation sites is 1. The molecule has 2 heterocycles. The highest BCUT2D eigenvalue weighted by Crippen LogP contribution is 2.31. The Morgan fingerprint density at radius 1 is 0.935 bits per heavy atom. The molecule has 5 rings (SSSR count). The molecule has 5 aromatic rings. The van der Waals surface area contributed by atoms with Crippen molar-refractivity contribution in [1.29, 1.82) is 0 Å². The number of aryl methyl sites for hydroxylation is 2. The Balaban J connectivity index is 1.60. The zero-order valence-electron chi connectivity index (χ0n) is 17.3. The number of hydrogen-bond donors (Lipinski definition) is 0. The number of rotatable bonds is 4. The number of carbonyl (C=O) groups is 1. The molecule has 0 fully saturated rings. The van der Waals surface area contributed by atoms with Gasteiger partial charge in [-0.1, -0.05) is 65.8 Å². The smallest absolute Gasteiger partial charge is 0.339 e. The van der Waals surface area contributed by atoms with Gasteiger partial charge < -0.3 is 9.26 Å². The molecule has 0 spiro atoms. The normalized spacial score (nSPS) is 11.2. The van der Waals surface area contributed by atoms with Gasteiger partial charge in [0.1, 0.15) is 12.4 Å². The van der Waals surface area contributed by atoms with Crippen LogP contribution in [0.2, 0.25) is 0 Å². The predicted molar refractivity (Wildman–Crippen MR) is 120 cm³/mol. The van der Waals surface area contributed by atoms with Gasteiger partial charge in [0.2, 0.25) is 0 Å². The van der Waals surface area contributed by atoms with Crippen LogP contribution in [0, 0.1) is 13.8 Å². The quantitative estimate of drug-likeness (QED) is 0.340. The average molecular weight is 408 g/mol. The Hall–Kier alpha value is -3.99. The maximum Gasteiger partial charge on any atom is 0.339 e. The van der Waals surface area contributed by atoms with E-state index >= 15 is 0 Å². The van der Waals surface area contributed by atoms with Crippen molar-refractivity contribution in [2.24, 2.45) is 0 Å². The fourth-order valence-electron chi connectivity index (χ4n) is 3.85. The van der Waals surface area contributed by atoms with E-state index in [9.17, 15) is 4.79 Å². The van der Waals surface area contributed by atoms with Gasteiger partial charge in [-0.15, -0.1) is 0 Å². The first-order valence-electron chi connectivity index (χ1n) is 10.1. The molecule has 0 radical (unpaired) electrons. The number of hydrogen-bond acceptors (Lipinski definition) is 5. The second-order valence-electron chi connectivity index (χ2n) is 7.48. The molecule has 0 aliphatic carbocycles. The van der Waals surface area contributed by atoms with Crippen molar-refractivity contribution in [1.82, 2.24) is 10.1 Å². The summed E-state index contributed by atoms with van der Waals surface area (Å²) in [4.78, 5) is 18.0. The van der Waals surface area contributed by atoms with Crippen molar-refractivity contribution in [2.75, 3.05) is 0 Å². The number of ether oxygens (including phenoxy) is 1. The third kappa shape index (κ3) is 3.44. The lowest BCUT2D eigenvalue weighted by molar-refractivity contribution is 0.0473. The molecular weight excluding hydrogens is 388 g/mol. The van der Waals surface area contributed by atoms with Gasteiger partial charge in [-0.25, -0.2) is 9.78 Å². The second-order valence-corrected chi connectivity index (χ2v) is 7.48. The first-order valence-corrected chi connectivity index (χ1v) is 10.1. The molecule has 0 aliphatic heterocycles. The van der Waals surface area contributed by atoms with E-state index < -0.39 is 5.97 Å². The lowest BCUT2D eigenvalue weighted by Crippen LogP contribution is -2.08. The van der Waals surface area contributed by atoms with Crippen LogP contribution >= 0.6 is 0 Å². The van der Waals surface area contributed by atoms with Gasteiger partial charge in [-0.3, -0.25) is 0 Å². The van der Waals surface area contributed by atoms with Crippen LogP contribution in [0.15, 0.2) is 77.3 Å². The molecule has 31 heavy (non-hydrogen) atoms. The summed E-state index contributed by atoms with van der Waals surface area (Å²) < 4.78 is 10.8. The summed E-state index contributed by atoms with van der Waals surface area (Å²) in [5.74, 6) is 0.251. The number of aromatic nitrogens is 2. The Bertz CT molecular complexity index is 1410. The number of nitrogens with zero attached hydrogens (tertiary/aromatic N) is 2. The molecule has 3 aromatic carbocycles. The van der Waals surface area contributed by atoms with E-state index in [4.69, 9.17) is 14.2 Å². The molecule has 0 saturated heterocycles. The maximum absolute atomic E-state index is 13.1. The molecule has 2 aromatic heterocycles. The molecule has 5 heteroatoms. The van der Waals surface area contributed by atoms with E-state index in [1.165, 1.54) is 0 Å². The summed E-state index contributed by atoms with van der Waals surface area (Å²) >= 11 is 0. The fourth-order valence-corrected chi connectivity index (χ4v) is 3.85. The molecule has 0 aliphatic rings. The molecule has 0 atom stereocenters. The van der Waals surface area contributed by atoms with Gasteiger partial charge in [0.05, 0.1) is 28.0 Å². The number of benzene rings is 3. The van der Waals surface area contributed by atoms with Crippen molar-refractivity contribution < 1.29 is 14.1 Å². The molecule has 0 amide bonds. The van der Waals surface area contributed by atoms with E-state index in [1.807, 2.05) is 68.4 Å². The van der Waals surface area contributed by atoms with Crippen LogP contribution in [-0.4, -0.2) is 16.1 Å². The summed E-state index contributed by atoms with van der Waals surface area (Å²) in [6, 6.07) is 23.7. The SMILES string of the molecule is Cc1noc(C)c1COC(=O)c1cc(-c2cccc3ccccc23)nc2ccccc12. The van der Waals surface area contributed by atoms with Crippen molar-refractivity contribution in [2.45, 2.75) is 20.5 Å². The highest BCUT2D eigenvalue weighted by atomic mass is 16.5. The topological polar surface area (TPSA) is 65.2 Å². The third-order valence-corrected chi connectivity index (χ3v) is 5.53. The van der Waals surface area contributed by atoms with Crippen molar-refractivity contribution in [3.05, 3.63) is 95.4 Å². The maximum atomic E-state index is 13.1. The van der Waals surface area contributed by atoms with Gasteiger partial charge in [-0.05, 0) is 36.8 Å². The lowest BCUT2D eigenvalue weighted by atomic mass is 9.99. The second kappa shape index (κ2) is 7.69. The van der Waals surface area contributed by atoms with E-state index in [-0.39, 0.29) is 6.61 Å². The van der Waals surface area contributed by atoms with E-state index in [2.05, 4.69) is 23.4 Å². The Kier molecular flexibility index (Phi) is 4.71. The summed E-state index contributed by atoms with van der Waals surface area (Å²) in [5, 5.41) is 6.89. The Morgan fingerprint density at radius 3 is 2.48 bits per heavy atom. The minimum absolute atomic E-state index is 0.111. The zero-order chi connectivity index (χ0) is 21.4. The Morgan fingerprint density at radius 2 is 1.68 bits per heavy atom. The van der Waals surface area contributed by atoms with Crippen LogP contribution in [0.25, 0.3) is 32.9 Å². The van der Waals surface area contributed by atoms with Gasteiger partial charge >= 0.3 is 5.97 Å². The van der Waals surface area contributed by atoms with Gasteiger partial charge in [-0.2, -0.15) is 0 Å². The number of pyridine rings is 1. The summed E-state index contributed by atoms with van der Waals surface area (Å²) in [7, 11) is 0. The van der Waals surface area contributed by atoms with Gasteiger partial charge in [0.25, 0.3) is 0 Å².